The van der Waals surface area contributed by atoms with Crippen LogP contribution >= 0.6 is 22.2 Å². The van der Waals surface area contributed by atoms with Gasteiger partial charge in [0.1, 0.15) is 7.21 Å². The maximum Gasteiger partial charge on any atom is 0.218 e. The first kappa shape index (κ1) is 23.6. The summed E-state index contributed by atoms with van der Waals surface area (Å²) in [6, 6.07) is 21.2. The lowest BCUT2D eigenvalue weighted by molar-refractivity contribution is 0.546. The molecule has 1 aliphatic heterocycles. The van der Waals surface area contributed by atoms with E-state index < -0.39 is 22.2 Å². The molecule has 30 heavy (non-hydrogen) atoms. The van der Waals surface area contributed by atoms with Gasteiger partial charge in [-0.25, -0.2) is 27.7 Å². The summed E-state index contributed by atoms with van der Waals surface area (Å²) >= 11 is 0. The summed E-state index contributed by atoms with van der Waals surface area (Å²) < 4.78 is 25.7. The Hall–Kier alpha value is -1.03. The normalized spacial score (nSPS) is 19.5. The van der Waals surface area contributed by atoms with Crippen LogP contribution in [-0.2, 0) is 0 Å². The minimum atomic E-state index is -2.47. The number of benzene rings is 2. The lowest BCUT2D eigenvalue weighted by Crippen LogP contribution is -2.28. The molecule has 0 bridgehead atoms. The summed E-state index contributed by atoms with van der Waals surface area (Å²) in [5, 5.41) is 2.35. The van der Waals surface area contributed by atoms with Gasteiger partial charge in [-0.05, 0) is 56.4 Å². The number of rotatable bonds is 6. The highest BCUT2D eigenvalue weighted by Crippen LogP contribution is 2.79. The molecular weight excluding hydrogens is 431 g/mol. The molecule has 2 aromatic rings. The van der Waals surface area contributed by atoms with E-state index in [1.807, 2.05) is 0 Å². The van der Waals surface area contributed by atoms with Crippen molar-refractivity contribution in [1.29, 1.82) is 0 Å². The zero-order valence-electron chi connectivity index (χ0n) is 19.2. The van der Waals surface area contributed by atoms with E-state index in [1.54, 1.807) is 0 Å². The molecule has 0 radical (unpaired) electrons. The predicted molar refractivity (Wildman–Crippen MR) is 135 cm³/mol. The lowest BCUT2D eigenvalue weighted by atomic mass is 10.4. The molecule has 0 saturated carbocycles. The molecule has 0 unspecified atom stereocenters. The molecule has 10 heteroatoms. The minimum Gasteiger partial charge on any atom is -0.246 e. The molecule has 164 valence electrons. The Kier molecular flexibility index (Phi) is 6.96. The Balaban J connectivity index is 2.64. The molecule has 2 aromatic carbocycles. The third-order valence-electron chi connectivity index (χ3n) is 5.12. The first-order valence-corrected chi connectivity index (χ1v) is 14.7. The van der Waals surface area contributed by atoms with Crippen molar-refractivity contribution >= 4 is 32.8 Å². The van der Waals surface area contributed by atoms with Gasteiger partial charge in [-0.3, -0.25) is 0 Å². The fourth-order valence-electron chi connectivity index (χ4n) is 3.54. The molecule has 1 heterocycles. The van der Waals surface area contributed by atoms with Crippen LogP contribution in [0.4, 0.5) is 0 Å². The van der Waals surface area contributed by atoms with E-state index in [1.165, 1.54) is 10.6 Å². The Bertz CT molecular complexity index is 958. The van der Waals surface area contributed by atoms with E-state index in [0.29, 0.717) is 0 Å². The van der Waals surface area contributed by atoms with Crippen molar-refractivity contribution in [1.82, 2.24) is 18.7 Å². The zero-order valence-corrected chi connectivity index (χ0v) is 21.9. The van der Waals surface area contributed by atoms with Gasteiger partial charge in [0.05, 0.1) is 0 Å². The molecule has 0 atom stereocenters. The largest absolute Gasteiger partial charge is 0.246 e. The second-order valence-corrected chi connectivity index (χ2v) is 17.7. The van der Waals surface area contributed by atoms with Gasteiger partial charge in [0.2, 0.25) is 15.0 Å². The van der Waals surface area contributed by atoms with Gasteiger partial charge in [0.25, 0.3) is 0 Å². The molecule has 0 N–H and O–H groups in total. The van der Waals surface area contributed by atoms with E-state index in [-0.39, 0.29) is 0 Å². The summed E-state index contributed by atoms with van der Waals surface area (Å²) in [5.74, 6) is 0. The second kappa shape index (κ2) is 8.84. The van der Waals surface area contributed by atoms with Crippen molar-refractivity contribution in [2.75, 3.05) is 56.4 Å². The van der Waals surface area contributed by atoms with Crippen molar-refractivity contribution in [3.05, 3.63) is 60.7 Å². The fraction of sp³-hybridized carbons (Fsp3) is 0.400. The predicted octanol–water partition coefficient (Wildman–Crippen LogP) is 4.91. The molecule has 0 aliphatic carbocycles. The van der Waals surface area contributed by atoms with Crippen LogP contribution in [0, 0.1) is 0 Å². The van der Waals surface area contributed by atoms with E-state index in [9.17, 15) is 0 Å². The van der Waals surface area contributed by atoms with Crippen molar-refractivity contribution in [3.63, 3.8) is 0 Å². The second-order valence-electron chi connectivity index (χ2n) is 8.00. The van der Waals surface area contributed by atoms with Crippen LogP contribution in [0.2, 0.25) is 0 Å². The molecule has 3 rings (SSSR count). The molecule has 0 spiro atoms. The number of hydrogen-bond donors (Lipinski definition) is 0. The highest BCUT2D eigenvalue weighted by atomic mass is 31.3. The van der Waals surface area contributed by atoms with Crippen molar-refractivity contribution in [2.24, 2.45) is 13.5 Å². The van der Waals surface area contributed by atoms with Crippen LogP contribution < -0.4 is 10.6 Å². The fourth-order valence-corrected chi connectivity index (χ4v) is 18.7. The third kappa shape index (κ3) is 3.82. The average Bonchev–Trinajstić information content (AvgIpc) is 2.73. The standard InChI is InChI=1S/C20H34N7P3/c1-24(2)29(25(3)4)21-28(19-15-11-9-12-16-19,20-17-13-10-14-18-20)22-30(23-29,26(5)6)27(7)8/h9-18H,1-8H3. The van der Waals surface area contributed by atoms with E-state index in [4.69, 9.17) is 13.5 Å². The van der Waals surface area contributed by atoms with Gasteiger partial charge < -0.3 is 0 Å². The number of hydrogen-bond acceptors (Lipinski definition) is 7. The average molecular weight is 465 g/mol. The van der Waals surface area contributed by atoms with Crippen LogP contribution in [-0.4, -0.2) is 75.1 Å². The van der Waals surface area contributed by atoms with Crippen LogP contribution in [0.3, 0.4) is 0 Å². The first-order chi connectivity index (χ1) is 14.1. The summed E-state index contributed by atoms with van der Waals surface area (Å²) in [7, 11) is 9.53. The van der Waals surface area contributed by atoms with E-state index >= 15 is 0 Å². The Morgan fingerprint density at radius 2 is 0.800 bits per heavy atom. The summed E-state index contributed by atoms with van der Waals surface area (Å²) in [4.78, 5) is 0. The third-order valence-corrected chi connectivity index (χ3v) is 17.4. The Morgan fingerprint density at radius 3 is 1.13 bits per heavy atom. The van der Waals surface area contributed by atoms with E-state index in [2.05, 4.69) is 136 Å². The monoisotopic (exact) mass is 465 g/mol. The zero-order chi connectivity index (χ0) is 22.2. The summed E-state index contributed by atoms with van der Waals surface area (Å²) in [5.41, 5.74) is 0. The van der Waals surface area contributed by atoms with Crippen LogP contribution in [0.25, 0.3) is 0 Å². The van der Waals surface area contributed by atoms with Crippen LogP contribution in [0.5, 0.6) is 0 Å². The molecule has 1 aliphatic rings. The SMILES string of the molecule is CN(C)P1(N(C)C)=NP(c2ccccc2)(c2ccccc2)=NP(N(C)C)(N(C)C)=N1. The van der Waals surface area contributed by atoms with Crippen molar-refractivity contribution < 1.29 is 0 Å². The van der Waals surface area contributed by atoms with Gasteiger partial charge in [-0.15, -0.1) is 0 Å². The van der Waals surface area contributed by atoms with Gasteiger partial charge in [0.15, 0.2) is 0 Å². The Labute approximate surface area is 182 Å². The summed E-state index contributed by atoms with van der Waals surface area (Å²) in [6.07, 6.45) is 0. The van der Waals surface area contributed by atoms with Crippen LogP contribution in [0.1, 0.15) is 0 Å². The van der Waals surface area contributed by atoms with Crippen LogP contribution in [0.15, 0.2) is 74.2 Å². The van der Waals surface area contributed by atoms with Gasteiger partial charge >= 0.3 is 0 Å². The van der Waals surface area contributed by atoms with Gasteiger partial charge in [0, 0.05) is 10.6 Å². The first-order valence-electron chi connectivity index (χ1n) is 9.85. The molecule has 0 amide bonds. The van der Waals surface area contributed by atoms with E-state index in [0.717, 1.165) is 0 Å². The number of nitrogens with zero attached hydrogens (tertiary/aromatic N) is 7. The van der Waals surface area contributed by atoms with Crippen molar-refractivity contribution in [2.45, 2.75) is 0 Å². The quantitative estimate of drug-likeness (QED) is 0.569. The summed E-state index contributed by atoms with van der Waals surface area (Å²) in [6.45, 7) is 0. The minimum absolute atomic E-state index is 1.17. The molecule has 7 nitrogen and oxygen atoms in total. The highest BCUT2D eigenvalue weighted by molar-refractivity contribution is 7.91. The molecule has 0 aromatic heterocycles. The maximum atomic E-state index is 5.66. The maximum absolute atomic E-state index is 5.66. The topological polar surface area (TPSA) is 50.0 Å². The Morgan fingerprint density at radius 1 is 0.467 bits per heavy atom. The molecular formula is C20H34N7P3. The lowest BCUT2D eigenvalue weighted by Gasteiger charge is -2.45. The highest BCUT2D eigenvalue weighted by Gasteiger charge is 2.43. The van der Waals surface area contributed by atoms with Gasteiger partial charge in [-0.1, -0.05) is 60.7 Å². The van der Waals surface area contributed by atoms with Gasteiger partial charge in [-0.2, -0.15) is 4.52 Å². The van der Waals surface area contributed by atoms with Crippen molar-refractivity contribution in [3.8, 4) is 0 Å². The smallest absolute Gasteiger partial charge is 0.218 e. The molecule has 0 fully saturated rings. The molecule has 0 saturated heterocycles.